The van der Waals surface area contributed by atoms with Gasteiger partial charge in [-0.3, -0.25) is 9.78 Å². The number of ether oxygens (including phenoxy) is 2. The molecule has 138 valence electrons. The van der Waals surface area contributed by atoms with Crippen molar-refractivity contribution in [3.05, 3.63) is 60.4 Å². The summed E-state index contributed by atoms with van der Waals surface area (Å²) in [4.78, 5) is 16.1. The summed E-state index contributed by atoms with van der Waals surface area (Å²) in [6.45, 7) is 2.84. The Morgan fingerprint density at radius 1 is 1.12 bits per heavy atom. The van der Waals surface area contributed by atoms with E-state index in [2.05, 4.69) is 28.1 Å². The lowest BCUT2D eigenvalue weighted by atomic mass is 9.95. The van der Waals surface area contributed by atoms with E-state index in [0.717, 1.165) is 11.3 Å². The van der Waals surface area contributed by atoms with Gasteiger partial charge in [0.25, 0.3) is 0 Å². The molecule has 7 heteroatoms. The van der Waals surface area contributed by atoms with E-state index in [1.807, 2.05) is 42.5 Å². The van der Waals surface area contributed by atoms with E-state index in [-0.39, 0.29) is 30.6 Å². The number of hydrazine groups is 1. The van der Waals surface area contributed by atoms with Gasteiger partial charge in [0.05, 0.1) is 18.8 Å². The van der Waals surface area contributed by atoms with Crippen LogP contribution in [0.4, 0.5) is 0 Å². The summed E-state index contributed by atoms with van der Waals surface area (Å²) < 4.78 is 10.9. The molecular weight excluding hydrogens is 332 g/mol. The molecule has 0 saturated carbocycles. The SMILES string of the molecule is CC1C(NC(=O)COCCOc2ccccc2)NNC1c1ccncc1. The van der Waals surface area contributed by atoms with Crippen molar-refractivity contribution in [3.63, 3.8) is 0 Å². The Balaban J connectivity index is 1.35. The Morgan fingerprint density at radius 3 is 2.65 bits per heavy atom. The molecule has 26 heavy (non-hydrogen) atoms. The fourth-order valence-corrected chi connectivity index (χ4v) is 2.88. The maximum atomic E-state index is 12.1. The van der Waals surface area contributed by atoms with Crippen LogP contribution in [-0.4, -0.2) is 36.9 Å². The first-order valence-corrected chi connectivity index (χ1v) is 8.70. The number of nitrogens with zero attached hydrogens (tertiary/aromatic N) is 1. The normalized spacial score (nSPS) is 22.1. The second-order valence-electron chi connectivity index (χ2n) is 6.17. The van der Waals surface area contributed by atoms with Crippen molar-refractivity contribution in [3.8, 4) is 5.75 Å². The van der Waals surface area contributed by atoms with E-state index < -0.39 is 0 Å². The van der Waals surface area contributed by atoms with E-state index in [1.165, 1.54) is 0 Å². The predicted molar refractivity (Wildman–Crippen MR) is 97.1 cm³/mol. The van der Waals surface area contributed by atoms with Gasteiger partial charge < -0.3 is 14.8 Å². The molecule has 3 N–H and O–H groups in total. The number of carbonyl (C=O) groups is 1. The van der Waals surface area contributed by atoms with Gasteiger partial charge >= 0.3 is 0 Å². The van der Waals surface area contributed by atoms with Gasteiger partial charge in [-0.15, -0.1) is 0 Å². The molecule has 1 aliphatic heterocycles. The highest BCUT2D eigenvalue weighted by atomic mass is 16.5. The molecule has 1 aromatic carbocycles. The lowest BCUT2D eigenvalue weighted by Crippen LogP contribution is -2.47. The van der Waals surface area contributed by atoms with Crippen molar-refractivity contribution < 1.29 is 14.3 Å². The molecule has 0 aliphatic carbocycles. The molecule has 1 aliphatic rings. The monoisotopic (exact) mass is 356 g/mol. The van der Waals surface area contributed by atoms with Crippen LogP contribution in [0.15, 0.2) is 54.9 Å². The van der Waals surface area contributed by atoms with Crippen LogP contribution in [0.25, 0.3) is 0 Å². The van der Waals surface area contributed by atoms with Gasteiger partial charge in [-0.1, -0.05) is 25.1 Å². The first-order valence-electron chi connectivity index (χ1n) is 8.70. The topological polar surface area (TPSA) is 84.5 Å². The third kappa shape index (κ3) is 5.01. The molecule has 7 nitrogen and oxygen atoms in total. The summed E-state index contributed by atoms with van der Waals surface area (Å²) >= 11 is 0. The first-order chi connectivity index (χ1) is 12.7. The van der Waals surface area contributed by atoms with E-state index in [0.29, 0.717) is 13.2 Å². The zero-order valence-corrected chi connectivity index (χ0v) is 14.7. The number of pyridine rings is 1. The van der Waals surface area contributed by atoms with Crippen LogP contribution in [0, 0.1) is 5.92 Å². The number of hydrogen-bond donors (Lipinski definition) is 3. The third-order valence-corrected chi connectivity index (χ3v) is 4.30. The number of amides is 1. The van der Waals surface area contributed by atoms with E-state index in [1.54, 1.807) is 12.4 Å². The summed E-state index contributed by atoms with van der Waals surface area (Å²) in [6.07, 6.45) is 3.37. The van der Waals surface area contributed by atoms with Crippen molar-refractivity contribution >= 4 is 5.91 Å². The van der Waals surface area contributed by atoms with Crippen LogP contribution in [0.1, 0.15) is 18.5 Å². The molecule has 0 spiro atoms. The van der Waals surface area contributed by atoms with Gasteiger partial charge in [-0.2, -0.15) is 0 Å². The average Bonchev–Trinajstić information content (AvgIpc) is 3.03. The number of aromatic nitrogens is 1. The standard InChI is InChI=1S/C19H24N4O3/c1-14-18(15-7-9-20-10-8-15)22-23-19(14)21-17(24)13-25-11-12-26-16-5-3-2-4-6-16/h2-10,14,18-19,22-23H,11-13H2,1H3,(H,21,24). The largest absolute Gasteiger partial charge is 0.491 e. The first kappa shape index (κ1) is 18.3. The summed E-state index contributed by atoms with van der Waals surface area (Å²) in [7, 11) is 0. The fourth-order valence-electron chi connectivity index (χ4n) is 2.88. The molecule has 1 amide bonds. The second kappa shape index (κ2) is 9.28. The quantitative estimate of drug-likeness (QED) is 0.620. The van der Waals surface area contributed by atoms with Crippen molar-refractivity contribution in [2.75, 3.05) is 19.8 Å². The highest BCUT2D eigenvalue weighted by Crippen LogP contribution is 2.26. The van der Waals surface area contributed by atoms with Crippen molar-refractivity contribution in [1.29, 1.82) is 0 Å². The summed E-state index contributed by atoms with van der Waals surface area (Å²) in [5.41, 5.74) is 7.48. The molecular formula is C19H24N4O3. The van der Waals surface area contributed by atoms with Gasteiger partial charge in [0.2, 0.25) is 5.91 Å². The highest BCUT2D eigenvalue weighted by molar-refractivity contribution is 5.77. The second-order valence-corrected chi connectivity index (χ2v) is 6.17. The molecule has 2 heterocycles. The Morgan fingerprint density at radius 2 is 1.88 bits per heavy atom. The van der Waals surface area contributed by atoms with Crippen molar-refractivity contribution in [2.45, 2.75) is 19.1 Å². The molecule has 0 radical (unpaired) electrons. The molecule has 1 aromatic heterocycles. The number of rotatable bonds is 8. The number of para-hydroxylation sites is 1. The zero-order valence-electron chi connectivity index (χ0n) is 14.7. The van der Waals surface area contributed by atoms with Crippen molar-refractivity contribution in [2.24, 2.45) is 5.92 Å². The van der Waals surface area contributed by atoms with Crippen LogP contribution in [0.5, 0.6) is 5.75 Å². The van der Waals surface area contributed by atoms with Gasteiger partial charge in [0.1, 0.15) is 19.0 Å². The molecule has 2 aromatic rings. The maximum Gasteiger partial charge on any atom is 0.247 e. The lowest BCUT2D eigenvalue weighted by molar-refractivity contribution is -0.127. The van der Waals surface area contributed by atoms with Crippen LogP contribution < -0.4 is 20.9 Å². The van der Waals surface area contributed by atoms with Crippen LogP contribution in [0.2, 0.25) is 0 Å². The lowest BCUT2D eigenvalue weighted by Gasteiger charge is -2.19. The Bertz CT molecular complexity index is 684. The smallest absolute Gasteiger partial charge is 0.247 e. The number of benzene rings is 1. The Labute approximate surface area is 153 Å². The predicted octanol–water partition coefficient (Wildman–Crippen LogP) is 1.40. The summed E-state index contributed by atoms with van der Waals surface area (Å²) in [5.74, 6) is 0.812. The van der Waals surface area contributed by atoms with E-state index >= 15 is 0 Å². The number of carbonyl (C=O) groups excluding carboxylic acids is 1. The third-order valence-electron chi connectivity index (χ3n) is 4.30. The number of nitrogens with one attached hydrogen (secondary N) is 3. The number of hydrogen-bond acceptors (Lipinski definition) is 6. The fraction of sp³-hybridized carbons (Fsp3) is 0.368. The van der Waals surface area contributed by atoms with Gasteiger partial charge in [-0.25, -0.2) is 10.9 Å². The molecule has 0 bridgehead atoms. The molecule has 3 unspecified atom stereocenters. The van der Waals surface area contributed by atoms with Gasteiger partial charge in [0.15, 0.2) is 0 Å². The molecule has 1 saturated heterocycles. The van der Waals surface area contributed by atoms with Crippen molar-refractivity contribution in [1.82, 2.24) is 21.2 Å². The molecule has 3 atom stereocenters. The van der Waals surface area contributed by atoms with E-state index in [4.69, 9.17) is 9.47 Å². The maximum absolute atomic E-state index is 12.1. The molecule has 3 rings (SSSR count). The molecule has 1 fully saturated rings. The minimum Gasteiger partial charge on any atom is -0.491 e. The zero-order chi connectivity index (χ0) is 18.2. The van der Waals surface area contributed by atoms with Crippen LogP contribution in [-0.2, 0) is 9.53 Å². The van der Waals surface area contributed by atoms with E-state index in [9.17, 15) is 4.79 Å². The average molecular weight is 356 g/mol. The minimum absolute atomic E-state index is 0.00295. The Kier molecular flexibility index (Phi) is 6.54. The Hall–Kier alpha value is -2.48. The van der Waals surface area contributed by atoms with Gasteiger partial charge in [-0.05, 0) is 29.8 Å². The summed E-state index contributed by atoms with van der Waals surface area (Å²) in [5, 5.41) is 2.94. The van der Waals surface area contributed by atoms with Crippen LogP contribution >= 0.6 is 0 Å². The highest BCUT2D eigenvalue weighted by Gasteiger charge is 2.34. The van der Waals surface area contributed by atoms with Crippen LogP contribution in [0.3, 0.4) is 0 Å². The minimum atomic E-state index is -0.162. The van der Waals surface area contributed by atoms with Gasteiger partial charge in [0, 0.05) is 18.3 Å². The summed E-state index contributed by atoms with van der Waals surface area (Å²) in [6, 6.07) is 13.6.